The van der Waals surface area contributed by atoms with E-state index in [2.05, 4.69) is 10.6 Å². The predicted molar refractivity (Wildman–Crippen MR) is 120 cm³/mol. The summed E-state index contributed by atoms with van der Waals surface area (Å²) in [5.41, 5.74) is 0.104. The van der Waals surface area contributed by atoms with Crippen LogP contribution in [0.5, 0.6) is 5.75 Å². The highest BCUT2D eigenvalue weighted by molar-refractivity contribution is 5.89. The van der Waals surface area contributed by atoms with Gasteiger partial charge in [0.2, 0.25) is 11.8 Å². The number of hydrogen-bond donors (Lipinski definition) is 2. The van der Waals surface area contributed by atoms with Gasteiger partial charge in [-0.2, -0.15) is 0 Å². The van der Waals surface area contributed by atoms with E-state index in [9.17, 15) is 18.4 Å². The summed E-state index contributed by atoms with van der Waals surface area (Å²) in [7, 11) is 1.31. The number of carbonyl (C=O) groups excluding carboxylic acids is 2. The van der Waals surface area contributed by atoms with E-state index in [0.717, 1.165) is 5.56 Å². The number of nitrogens with one attached hydrogen (secondary N) is 2. The molecule has 0 bridgehead atoms. The van der Waals surface area contributed by atoms with Gasteiger partial charge in [-0.1, -0.05) is 30.3 Å². The molecule has 1 aliphatic rings. The zero-order valence-corrected chi connectivity index (χ0v) is 18.9. The SMILES string of the molecule is COC(=O)c1ccc([C@H](C)NC(=O)C2(NCCOc3ccccc3)CCC(F)(F)CC2)cc1. The monoisotopic (exact) mass is 460 g/mol. The number of para-hydroxylation sites is 1. The molecule has 0 aromatic heterocycles. The molecule has 8 heteroatoms. The number of halogens is 2. The quantitative estimate of drug-likeness (QED) is 0.432. The second kappa shape index (κ2) is 10.7. The van der Waals surface area contributed by atoms with Crippen molar-refractivity contribution in [3.05, 3.63) is 65.7 Å². The summed E-state index contributed by atoms with van der Waals surface area (Å²) in [6.45, 7) is 2.46. The lowest BCUT2D eigenvalue weighted by Crippen LogP contribution is -2.60. The molecule has 1 atom stereocenters. The van der Waals surface area contributed by atoms with Crippen LogP contribution in [0, 0.1) is 0 Å². The van der Waals surface area contributed by atoms with Crippen LogP contribution < -0.4 is 15.4 Å². The summed E-state index contributed by atoms with van der Waals surface area (Å²) in [6, 6.07) is 15.6. The van der Waals surface area contributed by atoms with Gasteiger partial charge in [0, 0.05) is 19.4 Å². The highest BCUT2D eigenvalue weighted by Crippen LogP contribution is 2.39. The van der Waals surface area contributed by atoms with Crippen LogP contribution in [0.2, 0.25) is 0 Å². The van der Waals surface area contributed by atoms with Crippen LogP contribution in [0.4, 0.5) is 8.78 Å². The van der Waals surface area contributed by atoms with Crippen molar-refractivity contribution in [3.8, 4) is 5.75 Å². The van der Waals surface area contributed by atoms with Crippen LogP contribution >= 0.6 is 0 Å². The average Bonchev–Trinajstić information content (AvgIpc) is 2.83. The van der Waals surface area contributed by atoms with Crippen molar-refractivity contribution in [1.29, 1.82) is 0 Å². The maximum absolute atomic E-state index is 13.9. The molecule has 1 fully saturated rings. The van der Waals surface area contributed by atoms with Crippen LogP contribution in [0.3, 0.4) is 0 Å². The van der Waals surface area contributed by atoms with Crippen molar-refractivity contribution in [2.75, 3.05) is 20.3 Å². The zero-order chi connectivity index (χ0) is 23.9. The number of methoxy groups -OCH3 is 1. The third-order valence-corrected chi connectivity index (χ3v) is 6.03. The first kappa shape index (κ1) is 24.6. The molecule has 178 valence electrons. The van der Waals surface area contributed by atoms with Gasteiger partial charge in [0.25, 0.3) is 0 Å². The minimum absolute atomic E-state index is 0.0329. The number of carbonyl (C=O) groups is 2. The average molecular weight is 461 g/mol. The number of alkyl halides is 2. The van der Waals surface area contributed by atoms with Gasteiger partial charge in [-0.3, -0.25) is 10.1 Å². The minimum Gasteiger partial charge on any atom is -0.492 e. The zero-order valence-electron chi connectivity index (χ0n) is 18.9. The standard InChI is InChI=1S/C25H30F2N2O4/c1-18(19-8-10-20(11-9-19)22(30)32-2)29-23(31)24(12-14-25(26,27)15-13-24)28-16-17-33-21-6-4-3-5-7-21/h3-11,18,28H,12-17H2,1-2H3,(H,29,31)/t18-/m0/s1. The van der Waals surface area contributed by atoms with E-state index in [1.165, 1.54) is 7.11 Å². The first-order chi connectivity index (χ1) is 15.7. The van der Waals surface area contributed by atoms with E-state index in [4.69, 9.17) is 9.47 Å². The van der Waals surface area contributed by atoms with Gasteiger partial charge in [0.05, 0.1) is 24.3 Å². The third-order valence-electron chi connectivity index (χ3n) is 6.03. The molecule has 0 unspecified atom stereocenters. The van der Waals surface area contributed by atoms with Crippen molar-refractivity contribution in [2.45, 2.75) is 50.1 Å². The first-order valence-electron chi connectivity index (χ1n) is 11.0. The van der Waals surface area contributed by atoms with Crippen molar-refractivity contribution in [3.63, 3.8) is 0 Å². The van der Waals surface area contributed by atoms with Crippen LogP contribution in [-0.2, 0) is 9.53 Å². The Balaban J connectivity index is 1.64. The van der Waals surface area contributed by atoms with Crippen LogP contribution in [0.25, 0.3) is 0 Å². The Bertz CT molecular complexity index is 925. The maximum atomic E-state index is 13.9. The molecule has 0 heterocycles. The lowest BCUT2D eigenvalue weighted by Gasteiger charge is -2.40. The van der Waals surface area contributed by atoms with E-state index >= 15 is 0 Å². The van der Waals surface area contributed by atoms with Gasteiger partial charge >= 0.3 is 5.97 Å². The Morgan fingerprint density at radius 1 is 1.00 bits per heavy atom. The van der Waals surface area contributed by atoms with E-state index in [-0.39, 0.29) is 37.6 Å². The third kappa shape index (κ3) is 6.51. The highest BCUT2D eigenvalue weighted by atomic mass is 19.3. The molecule has 0 spiro atoms. The molecule has 1 saturated carbocycles. The molecule has 1 aliphatic carbocycles. The second-order valence-electron chi connectivity index (χ2n) is 8.34. The van der Waals surface area contributed by atoms with E-state index < -0.39 is 17.4 Å². The van der Waals surface area contributed by atoms with Crippen molar-refractivity contribution < 1.29 is 27.8 Å². The minimum atomic E-state index is -2.76. The van der Waals surface area contributed by atoms with Crippen molar-refractivity contribution in [2.24, 2.45) is 0 Å². The van der Waals surface area contributed by atoms with Gasteiger partial charge in [-0.05, 0) is 49.6 Å². The maximum Gasteiger partial charge on any atom is 0.337 e. The van der Waals surface area contributed by atoms with Crippen molar-refractivity contribution in [1.82, 2.24) is 10.6 Å². The summed E-state index contributed by atoms with van der Waals surface area (Å²) in [5, 5.41) is 6.15. The molecule has 0 saturated heterocycles. The molecule has 2 aromatic carbocycles. The fourth-order valence-electron chi connectivity index (χ4n) is 3.95. The summed E-state index contributed by atoms with van der Waals surface area (Å²) in [4.78, 5) is 24.9. The Morgan fingerprint density at radius 2 is 1.64 bits per heavy atom. The van der Waals surface area contributed by atoms with E-state index in [0.29, 0.717) is 24.5 Å². The van der Waals surface area contributed by atoms with Crippen LogP contribution in [0.15, 0.2) is 54.6 Å². The molecular weight excluding hydrogens is 430 g/mol. The fourth-order valence-corrected chi connectivity index (χ4v) is 3.95. The number of rotatable bonds is 9. The van der Waals surface area contributed by atoms with Gasteiger partial charge in [0.15, 0.2) is 0 Å². The molecule has 3 rings (SSSR count). The number of amides is 1. The highest BCUT2D eigenvalue weighted by Gasteiger charge is 2.47. The van der Waals surface area contributed by atoms with Gasteiger partial charge in [0.1, 0.15) is 12.4 Å². The first-order valence-corrected chi connectivity index (χ1v) is 11.0. The molecule has 1 amide bonds. The molecule has 2 N–H and O–H groups in total. The summed E-state index contributed by atoms with van der Waals surface area (Å²) < 4.78 is 38.1. The molecule has 6 nitrogen and oxygen atoms in total. The Hall–Kier alpha value is -3.00. The molecule has 0 radical (unpaired) electrons. The second-order valence-corrected chi connectivity index (χ2v) is 8.34. The lowest BCUT2D eigenvalue weighted by molar-refractivity contribution is -0.134. The number of benzene rings is 2. The Kier molecular flexibility index (Phi) is 8.02. The topological polar surface area (TPSA) is 76.7 Å². The normalized spacial score (nSPS) is 17.6. The molecule has 2 aromatic rings. The largest absolute Gasteiger partial charge is 0.492 e. The smallest absolute Gasteiger partial charge is 0.337 e. The Labute approximate surface area is 192 Å². The lowest BCUT2D eigenvalue weighted by atomic mass is 9.78. The van der Waals surface area contributed by atoms with Gasteiger partial charge in [-0.15, -0.1) is 0 Å². The van der Waals surface area contributed by atoms with E-state index in [1.807, 2.05) is 37.3 Å². The predicted octanol–water partition coefficient (Wildman–Crippen LogP) is 4.27. The summed E-state index contributed by atoms with van der Waals surface area (Å²) in [6.07, 6.45) is -0.638. The molecule has 33 heavy (non-hydrogen) atoms. The Morgan fingerprint density at radius 3 is 2.24 bits per heavy atom. The molecular formula is C25H30F2N2O4. The number of ether oxygens (including phenoxy) is 2. The van der Waals surface area contributed by atoms with E-state index in [1.54, 1.807) is 24.3 Å². The van der Waals surface area contributed by atoms with Crippen molar-refractivity contribution >= 4 is 11.9 Å². The summed E-state index contributed by atoms with van der Waals surface area (Å²) >= 11 is 0. The van der Waals surface area contributed by atoms with Crippen LogP contribution in [0.1, 0.15) is 54.6 Å². The number of hydrogen-bond acceptors (Lipinski definition) is 5. The van der Waals surface area contributed by atoms with Crippen LogP contribution in [-0.4, -0.2) is 43.6 Å². The fraction of sp³-hybridized carbons (Fsp3) is 0.440. The summed E-state index contributed by atoms with van der Waals surface area (Å²) in [5.74, 6) is -2.82. The van der Waals surface area contributed by atoms with Gasteiger partial charge < -0.3 is 14.8 Å². The number of esters is 1. The molecule has 0 aliphatic heterocycles. The van der Waals surface area contributed by atoms with Gasteiger partial charge in [-0.25, -0.2) is 13.6 Å².